The van der Waals surface area contributed by atoms with Crippen LogP contribution >= 0.6 is 0 Å². The SMILES string of the molecule is CN1CCN(S(=O)(=O)N2CCN(S(=O)(=O)c3cccc(S(N)(=O)=O)c3)CC2)CC1. The Balaban J connectivity index is 1.72. The molecule has 0 aliphatic carbocycles. The molecule has 0 radical (unpaired) electrons. The predicted octanol–water partition coefficient (Wildman–Crippen LogP) is -1.87. The minimum atomic E-state index is -4.04. The second-order valence-corrected chi connectivity index (χ2v) is 12.5. The van der Waals surface area contributed by atoms with Crippen LogP contribution in [0.4, 0.5) is 0 Å². The van der Waals surface area contributed by atoms with E-state index in [9.17, 15) is 25.3 Å². The van der Waals surface area contributed by atoms with Crippen LogP contribution in [-0.2, 0) is 30.3 Å². The second kappa shape index (κ2) is 8.19. The highest BCUT2D eigenvalue weighted by Gasteiger charge is 2.37. The van der Waals surface area contributed by atoms with Crippen LogP contribution < -0.4 is 5.14 Å². The zero-order valence-corrected chi connectivity index (χ0v) is 18.5. The number of rotatable bonds is 5. The lowest BCUT2D eigenvalue weighted by molar-refractivity contribution is 0.201. The Bertz CT molecular complexity index is 1060. The molecule has 14 heteroatoms. The van der Waals surface area contributed by atoms with Gasteiger partial charge in [-0.15, -0.1) is 0 Å². The fourth-order valence-corrected chi connectivity index (χ4v) is 6.96. The summed E-state index contributed by atoms with van der Waals surface area (Å²) in [6.45, 7) is 2.12. The van der Waals surface area contributed by atoms with Gasteiger partial charge in [0.2, 0.25) is 20.0 Å². The monoisotopic (exact) mass is 467 g/mol. The maximum atomic E-state index is 12.9. The lowest BCUT2D eigenvalue weighted by atomic mass is 10.4. The van der Waals surface area contributed by atoms with Crippen molar-refractivity contribution in [2.75, 3.05) is 59.4 Å². The van der Waals surface area contributed by atoms with E-state index in [2.05, 4.69) is 0 Å². The van der Waals surface area contributed by atoms with Gasteiger partial charge in [0.15, 0.2) is 0 Å². The highest BCUT2D eigenvalue weighted by molar-refractivity contribution is 7.90. The Morgan fingerprint density at radius 2 is 1.17 bits per heavy atom. The summed E-state index contributed by atoms with van der Waals surface area (Å²) < 4.78 is 78.2. The number of sulfonamides is 2. The number of hydrogen-bond donors (Lipinski definition) is 1. The Morgan fingerprint density at radius 1 is 0.724 bits per heavy atom. The molecule has 1 aromatic rings. The second-order valence-electron chi connectivity index (χ2n) is 7.03. The summed E-state index contributed by atoms with van der Waals surface area (Å²) in [5.74, 6) is 0. The van der Waals surface area contributed by atoms with Crippen molar-refractivity contribution in [3.8, 4) is 0 Å². The van der Waals surface area contributed by atoms with Gasteiger partial charge in [-0.25, -0.2) is 22.0 Å². The zero-order chi connectivity index (χ0) is 21.4. The number of nitrogens with zero attached hydrogens (tertiary/aromatic N) is 4. The molecule has 2 aliphatic heterocycles. The number of nitrogens with two attached hydrogens (primary N) is 1. The lowest BCUT2D eigenvalue weighted by Gasteiger charge is -2.38. The van der Waals surface area contributed by atoms with Crippen molar-refractivity contribution in [1.29, 1.82) is 0 Å². The van der Waals surface area contributed by atoms with Crippen molar-refractivity contribution in [2.24, 2.45) is 5.14 Å². The average molecular weight is 468 g/mol. The Hall–Kier alpha value is -1.13. The first kappa shape index (κ1) is 22.6. The van der Waals surface area contributed by atoms with E-state index < -0.39 is 30.3 Å². The minimum Gasteiger partial charge on any atom is -0.304 e. The fraction of sp³-hybridized carbons (Fsp3) is 0.600. The van der Waals surface area contributed by atoms with Crippen LogP contribution in [0.1, 0.15) is 0 Å². The molecule has 0 spiro atoms. The normalized spacial score (nSPS) is 22.0. The van der Waals surface area contributed by atoms with E-state index in [0.717, 1.165) is 10.4 Å². The van der Waals surface area contributed by atoms with E-state index in [0.29, 0.717) is 26.2 Å². The fourth-order valence-electron chi connectivity index (χ4n) is 3.28. The van der Waals surface area contributed by atoms with Crippen LogP contribution in [0.3, 0.4) is 0 Å². The smallest absolute Gasteiger partial charge is 0.282 e. The van der Waals surface area contributed by atoms with E-state index >= 15 is 0 Å². The van der Waals surface area contributed by atoms with Gasteiger partial charge in [-0.1, -0.05) is 6.07 Å². The molecule has 2 aliphatic rings. The first-order valence-corrected chi connectivity index (χ1v) is 13.4. The molecule has 0 saturated carbocycles. The Kier molecular flexibility index (Phi) is 6.37. The summed E-state index contributed by atoms with van der Waals surface area (Å²) in [5.41, 5.74) is 0. The van der Waals surface area contributed by atoms with Crippen molar-refractivity contribution < 1.29 is 25.3 Å². The molecule has 29 heavy (non-hydrogen) atoms. The predicted molar refractivity (Wildman–Crippen MR) is 106 cm³/mol. The maximum Gasteiger partial charge on any atom is 0.282 e. The number of likely N-dealkylation sites (N-methyl/N-ethyl adjacent to an activating group) is 1. The van der Waals surface area contributed by atoms with Crippen molar-refractivity contribution in [3.05, 3.63) is 24.3 Å². The van der Waals surface area contributed by atoms with Gasteiger partial charge in [0, 0.05) is 52.4 Å². The van der Waals surface area contributed by atoms with Crippen molar-refractivity contribution in [2.45, 2.75) is 9.79 Å². The van der Waals surface area contributed by atoms with Crippen molar-refractivity contribution >= 4 is 30.3 Å². The number of benzene rings is 1. The summed E-state index contributed by atoms with van der Waals surface area (Å²) >= 11 is 0. The van der Waals surface area contributed by atoms with Crippen LogP contribution in [0.15, 0.2) is 34.1 Å². The molecule has 1 aromatic carbocycles. The van der Waals surface area contributed by atoms with E-state index in [1.54, 1.807) is 0 Å². The molecular weight excluding hydrogens is 442 g/mol. The first-order valence-electron chi connectivity index (χ1n) is 8.99. The van der Waals surface area contributed by atoms with Gasteiger partial charge in [-0.2, -0.15) is 21.3 Å². The number of hydrogen-bond acceptors (Lipinski definition) is 7. The molecule has 2 N–H and O–H groups in total. The summed E-state index contributed by atoms with van der Waals surface area (Å²) in [5, 5.41) is 5.08. The van der Waals surface area contributed by atoms with Gasteiger partial charge >= 0.3 is 0 Å². The topological polar surface area (TPSA) is 141 Å². The molecule has 11 nitrogen and oxygen atoms in total. The van der Waals surface area contributed by atoms with Crippen LogP contribution in [-0.4, -0.2) is 102 Å². The molecule has 3 rings (SSSR count). The average Bonchev–Trinajstić information content (AvgIpc) is 2.68. The van der Waals surface area contributed by atoms with Gasteiger partial charge in [0.1, 0.15) is 0 Å². The molecular formula is C15H25N5O6S3. The van der Waals surface area contributed by atoms with Crippen LogP contribution in [0.5, 0.6) is 0 Å². The van der Waals surface area contributed by atoms with Gasteiger partial charge in [0.05, 0.1) is 9.79 Å². The third kappa shape index (κ3) is 4.80. The van der Waals surface area contributed by atoms with Gasteiger partial charge in [-0.05, 0) is 25.2 Å². The van der Waals surface area contributed by atoms with Gasteiger partial charge in [-0.3, -0.25) is 0 Å². The summed E-state index contributed by atoms with van der Waals surface area (Å²) in [7, 11) is -9.73. The highest BCUT2D eigenvalue weighted by atomic mass is 32.2. The van der Waals surface area contributed by atoms with E-state index in [-0.39, 0.29) is 36.0 Å². The molecule has 2 heterocycles. The molecule has 2 fully saturated rings. The molecule has 0 unspecified atom stereocenters. The Labute approximate surface area is 172 Å². The lowest BCUT2D eigenvalue weighted by Crippen LogP contribution is -2.57. The van der Waals surface area contributed by atoms with Crippen molar-refractivity contribution in [1.82, 2.24) is 17.8 Å². The highest BCUT2D eigenvalue weighted by Crippen LogP contribution is 2.22. The van der Waals surface area contributed by atoms with E-state index in [1.165, 1.54) is 26.8 Å². The standard InChI is InChI=1S/C15H25N5O6S3/c1-17-5-7-19(8-6-17)29(25,26)20-11-9-18(10-12-20)28(23,24)15-4-2-3-14(13-15)27(16,21)22/h2-4,13H,5-12H2,1H3,(H2,16,21,22). The summed E-state index contributed by atoms with van der Waals surface area (Å²) in [6, 6.07) is 4.82. The number of primary sulfonamides is 1. The van der Waals surface area contributed by atoms with Crippen LogP contribution in [0, 0.1) is 0 Å². The largest absolute Gasteiger partial charge is 0.304 e. The quantitative estimate of drug-likeness (QED) is 0.535. The maximum absolute atomic E-state index is 12.9. The molecule has 0 atom stereocenters. The third-order valence-corrected chi connectivity index (χ3v) is 9.93. The van der Waals surface area contributed by atoms with Crippen molar-refractivity contribution in [3.63, 3.8) is 0 Å². The van der Waals surface area contributed by atoms with E-state index in [4.69, 9.17) is 5.14 Å². The third-order valence-electron chi connectivity index (χ3n) is 5.08. The molecule has 164 valence electrons. The molecule has 0 aromatic heterocycles. The molecule has 0 bridgehead atoms. The number of piperazine rings is 2. The van der Waals surface area contributed by atoms with Gasteiger partial charge < -0.3 is 4.90 Å². The van der Waals surface area contributed by atoms with E-state index in [1.807, 2.05) is 11.9 Å². The Morgan fingerprint density at radius 3 is 1.69 bits per heavy atom. The summed E-state index contributed by atoms with van der Waals surface area (Å²) in [4.78, 5) is 1.56. The first-order chi connectivity index (χ1) is 13.4. The van der Waals surface area contributed by atoms with Crippen LogP contribution in [0.2, 0.25) is 0 Å². The van der Waals surface area contributed by atoms with Gasteiger partial charge in [0.25, 0.3) is 10.2 Å². The molecule has 0 amide bonds. The minimum absolute atomic E-state index is 0.0189. The zero-order valence-electron chi connectivity index (χ0n) is 16.0. The molecule has 2 saturated heterocycles. The summed E-state index contributed by atoms with van der Waals surface area (Å²) in [6.07, 6.45) is 0. The van der Waals surface area contributed by atoms with Crippen LogP contribution in [0.25, 0.3) is 0 Å².